The molecule has 1 fully saturated rings. The zero-order chi connectivity index (χ0) is 16.1. The normalized spacial score (nSPS) is 22.8. The van der Waals surface area contributed by atoms with E-state index >= 15 is 0 Å². The van der Waals surface area contributed by atoms with E-state index in [0.29, 0.717) is 6.04 Å². The third-order valence-corrected chi connectivity index (χ3v) is 6.04. The van der Waals surface area contributed by atoms with Gasteiger partial charge in [-0.05, 0) is 50.8 Å². The van der Waals surface area contributed by atoms with Gasteiger partial charge in [0.05, 0.1) is 0 Å². The molecule has 3 heteroatoms. The minimum absolute atomic E-state index is 0. The molecule has 3 rings (SSSR count). The van der Waals surface area contributed by atoms with Crippen molar-refractivity contribution in [1.82, 2.24) is 4.90 Å². The van der Waals surface area contributed by atoms with Gasteiger partial charge < -0.3 is 24.0 Å². The highest BCUT2D eigenvalue weighted by Gasteiger charge is 2.38. The van der Waals surface area contributed by atoms with Gasteiger partial charge in [0, 0.05) is 24.1 Å². The fourth-order valence-electron chi connectivity index (χ4n) is 4.63. The van der Waals surface area contributed by atoms with Crippen molar-refractivity contribution in [2.24, 2.45) is 5.92 Å². The van der Waals surface area contributed by atoms with Gasteiger partial charge in [-0.3, -0.25) is 4.90 Å². The summed E-state index contributed by atoms with van der Waals surface area (Å²) in [7, 11) is 2.31. The predicted octanol–water partition coefficient (Wildman–Crippen LogP) is 1.67. The Kier molecular flexibility index (Phi) is 8.48. The number of aryl methyl sites for hydroxylation is 2. The number of unbranched alkanes of at least 4 members (excludes halogenated alkanes) is 6. The molecule has 1 aromatic rings. The quantitative estimate of drug-likeness (QED) is 0.338. The first-order chi connectivity index (χ1) is 11.3. The lowest BCUT2D eigenvalue weighted by molar-refractivity contribution is -0.698. The molecule has 0 radical (unpaired) electrons. The molecule has 0 spiro atoms. The molecular formula is C21H35IN2. The molecule has 0 saturated carbocycles. The van der Waals surface area contributed by atoms with Crippen molar-refractivity contribution in [3.63, 3.8) is 0 Å². The van der Waals surface area contributed by atoms with Crippen molar-refractivity contribution in [1.29, 1.82) is 0 Å². The van der Waals surface area contributed by atoms with Gasteiger partial charge in [0.25, 0.3) is 0 Å². The fraction of sp³-hybridized carbons (Fsp3) is 0.762. The van der Waals surface area contributed by atoms with Crippen LogP contribution in [-0.2, 0) is 13.0 Å². The summed E-state index contributed by atoms with van der Waals surface area (Å²) in [5.41, 5.74) is 3.24. The summed E-state index contributed by atoms with van der Waals surface area (Å²) in [6.07, 6.45) is 18.6. The first-order valence-corrected chi connectivity index (χ1v) is 10.0. The molecule has 136 valence electrons. The average molecular weight is 442 g/mol. The lowest BCUT2D eigenvalue weighted by Crippen LogP contribution is -3.00. The molecule has 1 aliphatic heterocycles. The zero-order valence-electron chi connectivity index (χ0n) is 15.6. The summed E-state index contributed by atoms with van der Waals surface area (Å²) >= 11 is 0. The van der Waals surface area contributed by atoms with Gasteiger partial charge in [0.2, 0.25) is 0 Å². The summed E-state index contributed by atoms with van der Waals surface area (Å²) in [4.78, 5) is 2.58. The minimum atomic E-state index is 0. The van der Waals surface area contributed by atoms with E-state index < -0.39 is 0 Å². The van der Waals surface area contributed by atoms with Crippen molar-refractivity contribution in [2.45, 2.75) is 83.7 Å². The first-order valence-electron chi connectivity index (χ1n) is 10.0. The highest BCUT2D eigenvalue weighted by atomic mass is 127. The second-order valence-electron chi connectivity index (χ2n) is 7.80. The molecule has 2 nitrogen and oxygen atoms in total. The highest BCUT2D eigenvalue weighted by molar-refractivity contribution is 5.29. The molecule has 0 bridgehead atoms. The number of hydrogen-bond donors (Lipinski definition) is 0. The molecule has 0 amide bonds. The summed E-state index contributed by atoms with van der Waals surface area (Å²) in [6, 6.07) is 3.10. The Balaban J connectivity index is 0.00000208. The summed E-state index contributed by atoms with van der Waals surface area (Å²) in [6.45, 7) is 4.77. The van der Waals surface area contributed by atoms with Crippen molar-refractivity contribution in [3.8, 4) is 0 Å². The van der Waals surface area contributed by atoms with Crippen LogP contribution in [0.4, 0.5) is 0 Å². The summed E-state index contributed by atoms with van der Waals surface area (Å²) < 4.78 is 2.46. The average Bonchev–Trinajstić information content (AvgIpc) is 2.95. The molecule has 1 aliphatic carbocycles. The van der Waals surface area contributed by atoms with Crippen LogP contribution in [-0.4, -0.2) is 18.5 Å². The third kappa shape index (κ3) is 4.94. The topological polar surface area (TPSA) is 7.12 Å². The second-order valence-corrected chi connectivity index (χ2v) is 7.80. The molecule has 0 aromatic carbocycles. The van der Waals surface area contributed by atoms with E-state index in [-0.39, 0.29) is 24.0 Å². The Bertz CT molecular complexity index is 503. The predicted molar refractivity (Wildman–Crippen MR) is 96.4 cm³/mol. The van der Waals surface area contributed by atoms with E-state index in [1.165, 1.54) is 77.3 Å². The van der Waals surface area contributed by atoms with Gasteiger partial charge in [-0.2, -0.15) is 0 Å². The number of rotatable bonds is 8. The van der Waals surface area contributed by atoms with E-state index in [1.807, 2.05) is 0 Å². The van der Waals surface area contributed by atoms with E-state index in [4.69, 9.17) is 0 Å². The van der Waals surface area contributed by atoms with Crippen LogP contribution in [0.25, 0.3) is 0 Å². The highest BCUT2D eigenvalue weighted by Crippen LogP contribution is 2.43. The van der Waals surface area contributed by atoms with Crippen LogP contribution in [0, 0.1) is 5.92 Å². The first kappa shape index (κ1) is 20.2. The largest absolute Gasteiger partial charge is 1.00 e. The molecule has 1 aromatic heterocycles. The van der Waals surface area contributed by atoms with Crippen molar-refractivity contribution in [2.75, 3.05) is 13.6 Å². The Labute approximate surface area is 166 Å². The van der Waals surface area contributed by atoms with E-state index in [9.17, 15) is 0 Å². The van der Waals surface area contributed by atoms with Gasteiger partial charge in [-0.1, -0.05) is 39.0 Å². The Morgan fingerprint density at radius 2 is 1.83 bits per heavy atom. The second kappa shape index (κ2) is 10.1. The molecule has 2 atom stereocenters. The third-order valence-electron chi connectivity index (χ3n) is 6.04. The number of halogens is 1. The van der Waals surface area contributed by atoms with Crippen LogP contribution >= 0.6 is 0 Å². The van der Waals surface area contributed by atoms with Crippen molar-refractivity contribution < 1.29 is 28.5 Å². The number of hydrogen-bond acceptors (Lipinski definition) is 1. The maximum absolute atomic E-state index is 2.58. The number of pyridine rings is 1. The van der Waals surface area contributed by atoms with Gasteiger partial charge in [-0.25, -0.2) is 4.57 Å². The Morgan fingerprint density at radius 3 is 2.62 bits per heavy atom. The number of likely N-dealkylation sites (tertiary alicyclic amines) is 1. The molecule has 0 unspecified atom stereocenters. The minimum Gasteiger partial charge on any atom is -1.00 e. The van der Waals surface area contributed by atoms with Crippen LogP contribution in [0.1, 0.15) is 81.9 Å². The monoisotopic (exact) mass is 442 g/mol. The standard InChI is InChI=1S/C21H35N2.HI/c1-3-4-5-6-7-8-9-14-23-16-13-18-10-11-19-12-15-22(2)21(19)20(18)17-23;/h13,16-17,19,21H,3-12,14-15H2,1-2H3;1H/q+1;/p-1/t19-,21+;/m0./s1. The van der Waals surface area contributed by atoms with E-state index in [0.717, 1.165) is 5.92 Å². The van der Waals surface area contributed by atoms with Gasteiger partial charge in [-0.15, -0.1) is 0 Å². The van der Waals surface area contributed by atoms with E-state index in [1.54, 1.807) is 11.1 Å². The van der Waals surface area contributed by atoms with Crippen LogP contribution < -0.4 is 28.5 Å². The molecule has 1 saturated heterocycles. The van der Waals surface area contributed by atoms with E-state index in [2.05, 4.69) is 41.9 Å². The summed E-state index contributed by atoms with van der Waals surface area (Å²) in [5, 5.41) is 0. The van der Waals surface area contributed by atoms with Crippen LogP contribution in [0.15, 0.2) is 18.5 Å². The smallest absolute Gasteiger partial charge is 0.173 e. The number of nitrogens with zero attached hydrogens (tertiary/aromatic N) is 2. The fourth-order valence-corrected chi connectivity index (χ4v) is 4.63. The lowest BCUT2D eigenvalue weighted by Gasteiger charge is -2.30. The maximum atomic E-state index is 2.58. The van der Waals surface area contributed by atoms with Crippen LogP contribution in [0.2, 0.25) is 0 Å². The number of aromatic nitrogens is 1. The Hall–Kier alpha value is -0.160. The molecule has 24 heavy (non-hydrogen) atoms. The summed E-state index contributed by atoms with van der Waals surface area (Å²) in [5.74, 6) is 0.905. The molecule has 0 N–H and O–H groups in total. The Morgan fingerprint density at radius 1 is 1.08 bits per heavy atom. The molecular weight excluding hydrogens is 407 g/mol. The van der Waals surface area contributed by atoms with Crippen molar-refractivity contribution >= 4 is 0 Å². The number of fused-ring (bicyclic) bond motifs is 3. The van der Waals surface area contributed by atoms with Crippen LogP contribution in [0.5, 0.6) is 0 Å². The van der Waals surface area contributed by atoms with Gasteiger partial charge >= 0.3 is 0 Å². The molecule has 2 heterocycles. The van der Waals surface area contributed by atoms with Gasteiger partial charge in [0.1, 0.15) is 6.54 Å². The van der Waals surface area contributed by atoms with Crippen molar-refractivity contribution in [3.05, 3.63) is 29.6 Å². The maximum Gasteiger partial charge on any atom is 0.173 e. The van der Waals surface area contributed by atoms with Crippen LogP contribution in [0.3, 0.4) is 0 Å². The zero-order valence-corrected chi connectivity index (χ0v) is 17.8. The lowest BCUT2D eigenvalue weighted by atomic mass is 9.81. The SMILES string of the molecule is CCCCCCCCC[n+]1ccc2c(c1)[C@H]1[C@@H](CC2)CCN1C.[I-]. The molecule has 2 aliphatic rings. The van der Waals surface area contributed by atoms with Gasteiger partial charge in [0.15, 0.2) is 12.4 Å².